The molecular formula is C12H17N3O4. The molecule has 0 amide bonds. The number of aryl methyl sites for hydroxylation is 1. The van der Waals surface area contributed by atoms with Gasteiger partial charge in [-0.1, -0.05) is 0 Å². The first-order chi connectivity index (χ1) is 8.74. The van der Waals surface area contributed by atoms with Gasteiger partial charge in [0.1, 0.15) is 5.82 Å². The van der Waals surface area contributed by atoms with Gasteiger partial charge in [0.25, 0.3) is 5.69 Å². The molecule has 2 N–H and O–H groups in total. The lowest BCUT2D eigenvalue weighted by Crippen LogP contribution is -2.26. The molecule has 0 saturated carbocycles. The number of carboxylic acids is 1. The maximum absolute atomic E-state index is 10.9. The molecule has 0 aliphatic heterocycles. The fourth-order valence-electron chi connectivity index (χ4n) is 1.42. The fraction of sp³-hybridized carbons (Fsp3) is 0.500. The quantitative estimate of drug-likeness (QED) is 0.604. The fourth-order valence-corrected chi connectivity index (χ4v) is 1.42. The molecule has 0 aromatic carbocycles. The van der Waals surface area contributed by atoms with Gasteiger partial charge in [0.2, 0.25) is 0 Å². The van der Waals surface area contributed by atoms with Crippen LogP contribution in [0.15, 0.2) is 12.3 Å². The van der Waals surface area contributed by atoms with E-state index in [-0.39, 0.29) is 5.69 Å². The molecule has 0 fully saturated rings. The van der Waals surface area contributed by atoms with Crippen molar-refractivity contribution in [3.63, 3.8) is 0 Å². The van der Waals surface area contributed by atoms with Gasteiger partial charge in [0.05, 0.1) is 16.4 Å². The third-order valence-corrected chi connectivity index (χ3v) is 2.91. The Morgan fingerprint density at radius 1 is 1.58 bits per heavy atom. The largest absolute Gasteiger partial charge is 0.481 e. The highest BCUT2D eigenvalue weighted by Crippen LogP contribution is 2.22. The Morgan fingerprint density at radius 3 is 2.74 bits per heavy atom. The summed E-state index contributed by atoms with van der Waals surface area (Å²) in [5.41, 5.74) is -0.361. The summed E-state index contributed by atoms with van der Waals surface area (Å²) >= 11 is 0. The number of pyridine rings is 1. The number of anilines is 1. The molecule has 0 saturated heterocycles. The van der Waals surface area contributed by atoms with E-state index < -0.39 is 16.3 Å². The van der Waals surface area contributed by atoms with E-state index in [2.05, 4.69) is 10.3 Å². The van der Waals surface area contributed by atoms with E-state index >= 15 is 0 Å². The summed E-state index contributed by atoms with van der Waals surface area (Å²) in [7, 11) is 0. The van der Waals surface area contributed by atoms with Crippen molar-refractivity contribution in [1.82, 2.24) is 4.98 Å². The Morgan fingerprint density at radius 2 is 2.21 bits per heavy atom. The molecule has 7 nitrogen and oxygen atoms in total. The number of aliphatic carboxylic acids is 1. The summed E-state index contributed by atoms with van der Waals surface area (Å²) < 4.78 is 0. The number of hydrogen-bond acceptors (Lipinski definition) is 5. The monoisotopic (exact) mass is 267 g/mol. The van der Waals surface area contributed by atoms with E-state index in [1.807, 2.05) is 0 Å². The zero-order valence-corrected chi connectivity index (χ0v) is 11.1. The van der Waals surface area contributed by atoms with Crippen LogP contribution in [0.2, 0.25) is 0 Å². The first kappa shape index (κ1) is 14.9. The van der Waals surface area contributed by atoms with E-state index in [9.17, 15) is 14.9 Å². The molecule has 1 rings (SSSR count). The normalized spacial score (nSPS) is 11.1. The minimum Gasteiger partial charge on any atom is -0.481 e. The van der Waals surface area contributed by atoms with E-state index in [1.165, 1.54) is 12.3 Å². The first-order valence-corrected chi connectivity index (χ1v) is 5.82. The van der Waals surface area contributed by atoms with Crippen molar-refractivity contribution in [2.24, 2.45) is 5.41 Å². The number of carbonyl (C=O) groups is 1. The highest BCUT2D eigenvalue weighted by Gasteiger charge is 2.26. The molecule has 0 atom stereocenters. The summed E-state index contributed by atoms with van der Waals surface area (Å²) in [4.78, 5) is 25.2. The van der Waals surface area contributed by atoms with Crippen molar-refractivity contribution in [2.75, 3.05) is 11.9 Å². The van der Waals surface area contributed by atoms with E-state index in [1.54, 1.807) is 20.8 Å². The van der Waals surface area contributed by atoms with Crippen molar-refractivity contribution in [3.05, 3.63) is 27.9 Å². The van der Waals surface area contributed by atoms with E-state index in [0.717, 1.165) is 0 Å². The van der Waals surface area contributed by atoms with Crippen LogP contribution in [-0.4, -0.2) is 27.5 Å². The van der Waals surface area contributed by atoms with Crippen LogP contribution in [-0.2, 0) is 4.79 Å². The Balaban J connectivity index is 2.67. The van der Waals surface area contributed by atoms with Crippen LogP contribution in [0.3, 0.4) is 0 Å². The third kappa shape index (κ3) is 3.90. The lowest BCUT2D eigenvalue weighted by molar-refractivity contribution is -0.385. The number of nitro groups is 1. The number of carboxylic acid groups (broad SMARTS) is 1. The van der Waals surface area contributed by atoms with Gasteiger partial charge in [-0.15, -0.1) is 0 Å². The minimum atomic E-state index is -0.878. The van der Waals surface area contributed by atoms with Crippen LogP contribution in [0.25, 0.3) is 0 Å². The Bertz CT molecular complexity index is 500. The van der Waals surface area contributed by atoms with Crippen molar-refractivity contribution in [1.29, 1.82) is 0 Å². The van der Waals surface area contributed by atoms with Crippen LogP contribution < -0.4 is 5.32 Å². The number of nitrogens with one attached hydrogen (secondary N) is 1. The molecule has 19 heavy (non-hydrogen) atoms. The van der Waals surface area contributed by atoms with Crippen LogP contribution in [0.4, 0.5) is 11.5 Å². The Labute approximate surface area is 110 Å². The predicted molar refractivity (Wildman–Crippen MR) is 70.2 cm³/mol. The molecule has 1 heterocycles. The zero-order valence-electron chi connectivity index (χ0n) is 11.1. The average Bonchev–Trinajstić information content (AvgIpc) is 2.30. The molecule has 0 bridgehead atoms. The number of nitrogens with zero attached hydrogens (tertiary/aromatic N) is 2. The topological polar surface area (TPSA) is 105 Å². The van der Waals surface area contributed by atoms with Crippen molar-refractivity contribution >= 4 is 17.5 Å². The van der Waals surface area contributed by atoms with Gasteiger partial charge in [-0.05, 0) is 27.2 Å². The molecule has 7 heteroatoms. The number of hydrogen-bond donors (Lipinski definition) is 2. The Hall–Kier alpha value is -2.18. The maximum Gasteiger partial charge on any atom is 0.309 e. The molecule has 0 radical (unpaired) electrons. The van der Waals surface area contributed by atoms with Crippen molar-refractivity contribution in [3.8, 4) is 0 Å². The molecule has 0 aliphatic carbocycles. The van der Waals surface area contributed by atoms with Crippen LogP contribution >= 0.6 is 0 Å². The zero-order chi connectivity index (χ0) is 14.6. The van der Waals surface area contributed by atoms with E-state index in [4.69, 9.17) is 5.11 Å². The summed E-state index contributed by atoms with van der Waals surface area (Å²) in [6.07, 6.45) is 1.81. The van der Waals surface area contributed by atoms with Crippen molar-refractivity contribution in [2.45, 2.75) is 27.2 Å². The highest BCUT2D eigenvalue weighted by atomic mass is 16.6. The van der Waals surface area contributed by atoms with Gasteiger partial charge in [-0.2, -0.15) is 0 Å². The molecule has 1 aromatic heterocycles. The SMILES string of the molecule is Cc1cnc(NCCC(C)(C)C(=O)O)cc1[N+](=O)[O-]. The van der Waals surface area contributed by atoms with Gasteiger partial charge in [0, 0.05) is 18.3 Å². The summed E-state index contributed by atoms with van der Waals surface area (Å²) in [5, 5.41) is 22.6. The molecule has 104 valence electrons. The second-order valence-electron chi connectivity index (χ2n) is 4.98. The summed E-state index contributed by atoms with van der Waals surface area (Å²) in [6, 6.07) is 1.35. The molecule has 0 aliphatic rings. The van der Waals surface area contributed by atoms with Gasteiger partial charge in [-0.25, -0.2) is 4.98 Å². The number of aromatic nitrogens is 1. The van der Waals surface area contributed by atoms with E-state index in [0.29, 0.717) is 24.3 Å². The molecule has 1 aromatic rings. The summed E-state index contributed by atoms with van der Waals surface area (Å²) in [5.74, 6) is -0.504. The van der Waals surface area contributed by atoms with Crippen LogP contribution in [0.5, 0.6) is 0 Å². The number of rotatable bonds is 6. The second kappa shape index (κ2) is 5.64. The predicted octanol–water partition coefficient (Wildman–Crippen LogP) is 2.21. The van der Waals surface area contributed by atoms with Gasteiger partial charge in [0.15, 0.2) is 0 Å². The average molecular weight is 267 g/mol. The summed E-state index contributed by atoms with van der Waals surface area (Å²) in [6.45, 7) is 5.25. The van der Waals surface area contributed by atoms with Crippen LogP contribution in [0, 0.1) is 22.5 Å². The van der Waals surface area contributed by atoms with Gasteiger partial charge < -0.3 is 10.4 Å². The smallest absolute Gasteiger partial charge is 0.309 e. The van der Waals surface area contributed by atoms with Crippen molar-refractivity contribution < 1.29 is 14.8 Å². The minimum absolute atomic E-state index is 0.00463. The first-order valence-electron chi connectivity index (χ1n) is 5.82. The van der Waals surface area contributed by atoms with Crippen LogP contribution in [0.1, 0.15) is 25.8 Å². The lowest BCUT2D eigenvalue weighted by atomic mass is 9.90. The molecule has 0 spiro atoms. The molecule has 0 unspecified atom stereocenters. The standard InChI is InChI=1S/C12H17N3O4/c1-8-7-14-10(6-9(8)15(18)19)13-5-4-12(2,3)11(16)17/h6-7H,4-5H2,1-3H3,(H,13,14)(H,16,17). The van der Waals surface area contributed by atoms with Gasteiger partial charge in [-0.3, -0.25) is 14.9 Å². The molecular weight excluding hydrogens is 250 g/mol. The third-order valence-electron chi connectivity index (χ3n) is 2.91. The maximum atomic E-state index is 10.9. The Kier molecular flexibility index (Phi) is 4.42. The highest BCUT2D eigenvalue weighted by molar-refractivity contribution is 5.73. The second-order valence-corrected chi connectivity index (χ2v) is 4.98. The lowest BCUT2D eigenvalue weighted by Gasteiger charge is -2.19. The van der Waals surface area contributed by atoms with Gasteiger partial charge >= 0.3 is 5.97 Å².